The number of allylic oxidation sites excluding steroid dienone is 1. The van der Waals surface area contributed by atoms with Gasteiger partial charge < -0.3 is 19.8 Å². The van der Waals surface area contributed by atoms with Crippen LogP contribution in [0.3, 0.4) is 0 Å². The van der Waals surface area contributed by atoms with Crippen molar-refractivity contribution in [2.45, 2.75) is 32.6 Å². The van der Waals surface area contributed by atoms with Crippen molar-refractivity contribution in [3.8, 4) is 0 Å². The van der Waals surface area contributed by atoms with Gasteiger partial charge in [0.05, 0.1) is 0 Å². The van der Waals surface area contributed by atoms with E-state index in [2.05, 4.69) is 0 Å². The van der Waals surface area contributed by atoms with Crippen molar-refractivity contribution >= 4 is 49.7 Å². The number of carbonyl (C=O) groups is 2. The Hall–Kier alpha value is -0.0603. The minimum absolute atomic E-state index is 0. The van der Waals surface area contributed by atoms with Crippen LogP contribution in [0.25, 0.3) is 0 Å². The zero-order valence-corrected chi connectivity index (χ0v) is 11.1. The summed E-state index contributed by atoms with van der Waals surface area (Å²) in [6, 6.07) is 0. The van der Waals surface area contributed by atoms with Crippen molar-refractivity contribution in [3.63, 3.8) is 0 Å². The van der Waals surface area contributed by atoms with Crippen LogP contribution in [-0.4, -0.2) is 49.7 Å². The average Bonchev–Trinajstić information content (AvgIpc) is 2.09. The van der Waals surface area contributed by atoms with Gasteiger partial charge in [0.1, 0.15) is 0 Å². The van der Waals surface area contributed by atoms with Crippen LogP contribution >= 0.6 is 0 Å². The number of carboxylic acid groups (broad SMARTS) is 2. The Morgan fingerprint density at radius 1 is 1.33 bits per heavy atom. The molecule has 0 heterocycles. The van der Waals surface area contributed by atoms with E-state index < -0.39 is 24.3 Å². The Balaban J connectivity index is 0. The van der Waals surface area contributed by atoms with Crippen molar-refractivity contribution < 1.29 is 19.8 Å². The number of carboxylic acids is 2. The molecule has 0 rings (SSSR count). The number of unbranched alkanes of at least 4 members (excludes halogenated alkanes) is 2. The van der Waals surface area contributed by atoms with Gasteiger partial charge >= 0.3 is 37.7 Å². The molecule has 0 radical (unpaired) electrons. The van der Waals surface area contributed by atoms with E-state index in [1.165, 1.54) is 6.08 Å². The Kier molecular flexibility index (Phi) is 12.1. The van der Waals surface area contributed by atoms with Crippen molar-refractivity contribution in [2.75, 3.05) is 0 Å². The molecule has 0 aromatic rings. The number of carbonyl (C=O) groups excluding carboxylic acids is 2. The van der Waals surface area contributed by atoms with E-state index in [4.69, 9.17) is 0 Å². The normalized spacial score (nSPS) is 12.1. The first-order chi connectivity index (χ1) is 6.57. The molecule has 0 bridgehead atoms. The molecule has 0 N–H and O–H groups in total. The zero-order chi connectivity index (χ0) is 11.0. The summed E-state index contributed by atoms with van der Waals surface area (Å²) in [5.41, 5.74) is 0. The van der Waals surface area contributed by atoms with Gasteiger partial charge in [0, 0.05) is 17.9 Å². The van der Waals surface area contributed by atoms with Crippen LogP contribution in [0, 0.1) is 5.92 Å². The summed E-state index contributed by atoms with van der Waals surface area (Å²) in [6.45, 7) is 2.02. The van der Waals surface area contributed by atoms with Crippen LogP contribution in [0.1, 0.15) is 32.6 Å². The molecule has 4 nitrogen and oxygen atoms in total. The van der Waals surface area contributed by atoms with Crippen molar-refractivity contribution in [2.24, 2.45) is 5.92 Å². The number of aliphatic carboxylic acids is 2. The number of hydrogen-bond donors (Lipinski definition) is 0. The van der Waals surface area contributed by atoms with Crippen LogP contribution in [0.2, 0.25) is 0 Å². The van der Waals surface area contributed by atoms with Crippen LogP contribution in [0.15, 0.2) is 12.2 Å². The Morgan fingerprint density at radius 3 is 2.33 bits per heavy atom. The third kappa shape index (κ3) is 10.2. The third-order valence-electron chi connectivity index (χ3n) is 1.78. The molecule has 15 heavy (non-hydrogen) atoms. The average molecular weight is 238 g/mol. The Labute approximate surface area is 119 Å². The second-order valence-corrected chi connectivity index (χ2v) is 3.07. The van der Waals surface area contributed by atoms with Gasteiger partial charge in [-0.2, -0.15) is 0 Å². The maximum absolute atomic E-state index is 10.4. The van der Waals surface area contributed by atoms with Gasteiger partial charge in [-0.05, 0) is 12.8 Å². The molecule has 0 fully saturated rings. The molecule has 80 valence electrons. The second kappa shape index (κ2) is 10.5. The van der Waals surface area contributed by atoms with E-state index in [0.717, 1.165) is 19.3 Å². The third-order valence-corrected chi connectivity index (χ3v) is 1.78. The molecule has 0 aliphatic heterocycles. The fourth-order valence-corrected chi connectivity index (χ4v) is 0.992. The first-order valence-corrected chi connectivity index (χ1v) is 4.65. The summed E-state index contributed by atoms with van der Waals surface area (Å²) in [7, 11) is 0. The van der Waals surface area contributed by atoms with Gasteiger partial charge in [-0.3, -0.25) is 0 Å². The van der Waals surface area contributed by atoms with E-state index in [1.54, 1.807) is 6.08 Å². The van der Waals surface area contributed by atoms with E-state index in [0.29, 0.717) is 0 Å². The van der Waals surface area contributed by atoms with Crippen molar-refractivity contribution in [1.82, 2.24) is 0 Å². The fraction of sp³-hybridized carbons (Fsp3) is 0.600. The van der Waals surface area contributed by atoms with E-state index >= 15 is 0 Å². The summed E-state index contributed by atoms with van der Waals surface area (Å²) in [5.74, 6) is -3.82. The molecule has 0 saturated heterocycles. The molecule has 0 spiro atoms. The summed E-state index contributed by atoms with van der Waals surface area (Å²) in [4.78, 5) is 20.6. The number of hydrogen-bond acceptors (Lipinski definition) is 4. The first-order valence-electron chi connectivity index (χ1n) is 4.65. The van der Waals surface area contributed by atoms with E-state index in [1.807, 2.05) is 6.92 Å². The maximum Gasteiger partial charge on any atom is 2.00 e. The maximum atomic E-state index is 10.4. The predicted molar refractivity (Wildman–Crippen MR) is 52.5 cm³/mol. The quantitative estimate of drug-likeness (QED) is 0.319. The van der Waals surface area contributed by atoms with Crippen LogP contribution in [0.4, 0.5) is 0 Å². The molecular weight excluding hydrogens is 224 g/mol. The van der Waals surface area contributed by atoms with E-state index in [-0.39, 0.29) is 37.7 Å². The second-order valence-electron chi connectivity index (χ2n) is 3.07. The first kappa shape index (κ1) is 17.3. The molecule has 0 aliphatic rings. The fourth-order valence-electron chi connectivity index (χ4n) is 0.992. The van der Waals surface area contributed by atoms with Gasteiger partial charge in [0.15, 0.2) is 0 Å². The van der Waals surface area contributed by atoms with Crippen LogP contribution in [-0.2, 0) is 9.59 Å². The molecule has 5 heteroatoms. The molecule has 0 saturated carbocycles. The minimum Gasteiger partial charge on any atom is -0.550 e. The Bertz CT molecular complexity index is 225. The van der Waals surface area contributed by atoms with Gasteiger partial charge in [-0.1, -0.05) is 31.9 Å². The molecule has 0 aromatic heterocycles. The summed E-state index contributed by atoms with van der Waals surface area (Å²) in [5, 5.41) is 20.6. The standard InChI is InChI=1S/C10H16O4.Ca/c1-2-3-4-5-6-8(10(13)14)7-9(11)12;/h5-6,8H,2-4,7H2,1H3,(H,11,12)(H,13,14);/q;+2/p-2/b6-5+;. The molecule has 1 unspecified atom stereocenters. The van der Waals surface area contributed by atoms with Crippen LogP contribution < -0.4 is 10.2 Å². The summed E-state index contributed by atoms with van der Waals surface area (Å²) in [6.07, 6.45) is 5.24. The monoisotopic (exact) mass is 238 g/mol. The van der Waals surface area contributed by atoms with Gasteiger partial charge in [-0.25, -0.2) is 0 Å². The number of rotatable bonds is 7. The largest absolute Gasteiger partial charge is 2.00 e. The van der Waals surface area contributed by atoms with Crippen molar-refractivity contribution in [1.29, 1.82) is 0 Å². The van der Waals surface area contributed by atoms with Gasteiger partial charge in [0.2, 0.25) is 0 Å². The zero-order valence-electron chi connectivity index (χ0n) is 8.90. The SMILES string of the molecule is CCCC/C=C/C(CC(=O)[O-])C(=O)[O-].[Ca+2]. The van der Waals surface area contributed by atoms with Crippen molar-refractivity contribution in [3.05, 3.63) is 12.2 Å². The molecule has 0 aromatic carbocycles. The smallest absolute Gasteiger partial charge is 0.550 e. The topological polar surface area (TPSA) is 80.3 Å². The summed E-state index contributed by atoms with van der Waals surface area (Å²) < 4.78 is 0. The van der Waals surface area contributed by atoms with Gasteiger partial charge in [0.25, 0.3) is 0 Å². The molecular formula is C10H14CaO4. The summed E-state index contributed by atoms with van der Waals surface area (Å²) >= 11 is 0. The predicted octanol–water partition coefficient (Wildman–Crippen LogP) is -1.14. The van der Waals surface area contributed by atoms with Gasteiger partial charge in [-0.15, -0.1) is 0 Å². The molecule has 1 atom stereocenters. The van der Waals surface area contributed by atoms with E-state index in [9.17, 15) is 19.8 Å². The molecule has 0 aliphatic carbocycles. The minimum atomic E-state index is -1.38. The van der Waals surface area contributed by atoms with Crippen LogP contribution in [0.5, 0.6) is 0 Å². The Morgan fingerprint density at radius 2 is 1.93 bits per heavy atom. The molecule has 0 amide bonds.